The number of hydrogen-bond donors (Lipinski definition) is 1. The lowest BCUT2D eigenvalue weighted by molar-refractivity contribution is -0.118. The second-order valence-electron chi connectivity index (χ2n) is 6.54. The molecule has 0 bridgehead atoms. The van der Waals surface area contributed by atoms with Crippen LogP contribution < -0.4 is 19.5 Å². The molecule has 0 saturated heterocycles. The molecule has 0 aliphatic heterocycles. The van der Waals surface area contributed by atoms with Crippen molar-refractivity contribution in [2.24, 2.45) is 0 Å². The average molecular weight is 417 g/mol. The summed E-state index contributed by atoms with van der Waals surface area (Å²) in [5, 5.41) is 2.76. The Kier molecular flexibility index (Phi) is 7.43. The molecule has 1 N–H and O–H groups in total. The Bertz CT molecular complexity index is 1060. The molecule has 3 aromatic rings. The Morgan fingerprint density at radius 1 is 0.871 bits per heavy atom. The van der Waals surface area contributed by atoms with E-state index in [0.717, 1.165) is 5.56 Å². The first-order chi connectivity index (χ1) is 15.1. The molecule has 0 fully saturated rings. The van der Waals surface area contributed by atoms with E-state index in [1.807, 2.05) is 18.2 Å². The zero-order valence-electron chi connectivity index (χ0n) is 17.3. The Morgan fingerprint density at radius 3 is 2.29 bits per heavy atom. The highest BCUT2D eigenvalue weighted by Crippen LogP contribution is 2.28. The number of ether oxygens (including phenoxy) is 3. The van der Waals surface area contributed by atoms with Gasteiger partial charge in [0.05, 0.1) is 14.2 Å². The SMILES string of the molecule is COc1ccc(C(=O)/C=C/c2ccc(OCC(=O)Nc3ccccc3)c(OC)c2)cc1. The number of rotatable bonds is 9. The molecule has 31 heavy (non-hydrogen) atoms. The predicted octanol–water partition coefficient (Wildman–Crippen LogP) is 4.62. The molecule has 0 aromatic heterocycles. The number of benzene rings is 3. The zero-order valence-corrected chi connectivity index (χ0v) is 17.3. The molecule has 0 spiro atoms. The predicted molar refractivity (Wildman–Crippen MR) is 120 cm³/mol. The molecule has 0 aliphatic carbocycles. The first-order valence-electron chi connectivity index (χ1n) is 9.61. The van der Waals surface area contributed by atoms with Crippen molar-refractivity contribution < 1.29 is 23.8 Å². The first kappa shape index (κ1) is 21.6. The van der Waals surface area contributed by atoms with Gasteiger partial charge in [-0.3, -0.25) is 9.59 Å². The summed E-state index contributed by atoms with van der Waals surface area (Å²) in [6, 6.07) is 21.3. The summed E-state index contributed by atoms with van der Waals surface area (Å²) in [4.78, 5) is 24.4. The molecule has 1 amide bonds. The van der Waals surface area contributed by atoms with Gasteiger partial charge in [0, 0.05) is 11.3 Å². The van der Waals surface area contributed by atoms with Crippen LogP contribution in [0.2, 0.25) is 0 Å². The van der Waals surface area contributed by atoms with E-state index in [0.29, 0.717) is 28.5 Å². The third-order valence-corrected chi connectivity index (χ3v) is 4.41. The van der Waals surface area contributed by atoms with Gasteiger partial charge in [-0.05, 0) is 60.2 Å². The van der Waals surface area contributed by atoms with E-state index in [9.17, 15) is 9.59 Å². The molecule has 0 radical (unpaired) electrons. The van der Waals surface area contributed by atoms with Crippen LogP contribution in [0.1, 0.15) is 15.9 Å². The molecule has 0 aliphatic rings. The van der Waals surface area contributed by atoms with Crippen LogP contribution in [0.25, 0.3) is 6.08 Å². The van der Waals surface area contributed by atoms with Crippen molar-refractivity contribution in [3.63, 3.8) is 0 Å². The van der Waals surface area contributed by atoms with Gasteiger partial charge in [-0.25, -0.2) is 0 Å². The molecule has 158 valence electrons. The highest BCUT2D eigenvalue weighted by Gasteiger charge is 2.09. The van der Waals surface area contributed by atoms with Gasteiger partial charge in [0.25, 0.3) is 5.91 Å². The molecule has 3 aromatic carbocycles. The topological polar surface area (TPSA) is 73.9 Å². The Labute approximate surface area is 181 Å². The van der Waals surface area contributed by atoms with Crippen LogP contribution in [0, 0.1) is 0 Å². The average Bonchev–Trinajstić information content (AvgIpc) is 2.82. The second kappa shape index (κ2) is 10.6. The maximum Gasteiger partial charge on any atom is 0.262 e. The number of methoxy groups -OCH3 is 2. The van der Waals surface area contributed by atoms with Crippen LogP contribution in [0.5, 0.6) is 17.2 Å². The minimum atomic E-state index is -0.276. The molecule has 0 heterocycles. The Morgan fingerprint density at radius 2 is 1.61 bits per heavy atom. The fraction of sp³-hybridized carbons (Fsp3) is 0.120. The zero-order chi connectivity index (χ0) is 22.1. The van der Waals surface area contributed by atoms with Gasteiger partial charge in [0.1, 0.15) is 5.75 Å². The maximum atomic E-state index is 12.3. The minimum Gasteiger partial charge on any atom is -0.497 e. The quantitative estimate of drug-likeness (QED) is 0.406. The molecule has 0 saturated carbocycles. The van der Waals surface area contributed by atoms with Gasteiger partial charge < -0.3 is 19.5 Å². The fourth-order valence-electron chi connectivity index (χ4n) is 2.79. The highest BCUT2D eigenvalue weighted by atomic mass is 16.5. The summed E-state index contributed by atoms with van der Waals surface area (Å²) in [6.45, 7) is -0.156. The lowest BCUT2D eigenvalue weighted by atomic mass is 10.1. The fourth-order valence-corrected chi connectivity index (χ4v) is 2.79. The normalized spacial score (nSPS) is 10.5. The number of amides is 1. The summed E-state index contributed by atoms with van der Waals surface area (Å²) < 4.78 is 16.1. The van der Waals surface area contributed by atoms with Gasteiger partial charge >= 0.3 is 0 Å². The third-order valence-electron chi connectivity index (χ3n) is 4.41. The molecule has 3 rings (SSSR count). The second-order valence-corrected chi connectivity index (χ2v) is 6.54. The van der Waals surface area contributed by atoms with E-state index in [4.69, 9.17) is 14.2 Å². The van der Waals surface area contributed by atoms with Gasteiger partial charge in [-0.2, -0.15) is 0 Å². The summed E-state index contributed by atoms with van der Waals surface area (Å²) in [7, 11) is 3.09. The number of carbonyl (C=O) groups excluding carboxylic acids is 2. The number of anilines is 1. The van der Waals surface area contributed by atoms with Crippen molar-refractivity contribution in [2.75, 3.05) is 26.1 Å². The van der Waals surface area contributed by atoms with E-state index in [-0.39, 0.29) is 18.3 Å². The number of nitrogens with one attached hydrogen (secondary N) is 1. The minimum absolute atomic E-state index is 0.125. The maximum absolute atomic E-state index is 12.3. The van der Waals surface area contributed by atoms with E-state index in [1.165, 1.54) is 13.2 Å². The molecule has 6 nitrogen and oxygen atoms in total. The molecule has 0 atom stereocenters. The van der Waals surface area contributed by atoms with Gasteiger partial charge in [0.2, 0.25) is 0 Å². The summed E-state index contributed by atoms with van der Waals surface area (Å²) in [6.07, 6.45) is 3.19. The van der Waals surface area contributed by atoms with Crippen molar-refractivity contribution >= 4 is 23.5 Å². The first-order valence-corrected chi connectivity index (χ1v) is 9.61. The molecular formula is C25H23NO5. The largest absolute Gasteiger partial charge is 0.497 e. The molecule has 0 unspecified atom stereocenters. The van der Waals surface area contributed by atoms with Crippen molar-refractivity contribution in [1.82, 2.24) is 0 Å². The van der Waals surface area contributed by atoms with Gasteiger partial charge in [-0.1, -0.05) is 30.3 Å². The van der Waals surface area contributed by atoms with E-state index in [1.54, 1.807) is 67.8 Å². The number of para-hydroxylation sites is 1. The van der Waals surface area contributed by atoms with Gasteiger partial charge in [-0.15, -0.1) is 0 Å². The summed E-state index contributed by atoms with van der Waals surface area (Å²) in [5.74, 6) is 1.19. The van der Waals surface area contributed by atoms with E-state index in [2.05, 4.69) is 5.32 Å². The van der Waals surface area contributed by atoms with Crippen LogP contribution >= 0.6 is 0 Å². The standard InChI is InChI=1S/C25H23NO5/c1-29-21-12-10-19(11-13-21)22(27)14-8-18-9-15-23(24(16-18)30-2)31-17-25(28)26-20-6-4-3-5-7-20/h3-16H,17H2,1-2H3,(H,26,28)/b14-8+. The van der Waals surface area contributed by atoms with Crippen molar-refractivity contribution in [1.29, 1.82) is 0 Å². The van der Waals surface area contributed by atoms with E-state index >= 15 is 0 Å². The number of allylic oxidation sites excluding steroid dienone is 1. The number of ketones is 1. The lowest BCUT2D eigenvalue weighted by Crippen LogP contribution is -2.20. The number of hydrogen-bond acceptors (Lipinski definition) is 5. The van der Waals surface area contributed by atoms with Crippen LogP contribution in [0.15, 0.2) is 78.9 Å². The van der Waals surface area contributed by atoms with Crippen LogP contribution in [-0.4, -0.2) is 32.5 Å². The van der Waals surface area contributed by atoms with Crippen molar-refractivity contribution in [3.8, 4) is 17.2 Å². The molecular weight excluding hydrogens is 394 g/mol. The van der Waals surface area contributed by atoms with Crippen molar-refractivity contribution in [2.45, 2.75) is 0 Å². The monoisotopic (exact) mass is 417 g/mol. The van der Waals surface area contributed by atoms with Gasteiger partial charge in [0.15, 0.2) is 23.9 Å². The van der Waals surface area contributed by atoms with Crippen LogP contribution in [0.4, 0.5) is 5.69 Å². The Hall–Kier alpha value is -4.06. The Balaban J connectivity index is 1.61. The van der Waals surface area contributed by atoms with Crippen molar-refractivity contribution in [3.05, 3.63) is 90.0 Å². The highest BCUT2D eigenvalue weighted by molar-refractivity contribution is 6.06. The molecule has 6 heteroatoms. The number of carbonyl (C=O) groups is 2. The van der Waals surface area contributed by atoms with Crippen LogP contribution in [0.3, 0.4) is 0 Å². The summed E-state index contributed by atoms with van der Waals surface area (Å²) >= 11 is 0. The lowest BCUT2D eigenvalue weighted by Gasteiger charge is -2.11. The third kappa shape index (κ3) is 6.21. The van der Waals surface area contributed by atoms with Crippen LogP contribution in [-0.2, 0) is 4.79 Å². The smallest absolute Gasteiger partial charge is 0.262 e. The van der Waals surface area contributed by atoms with E-state index < -0.39 is 0 Å². The summed E-state index contributed by atoms with van der Waals surface area (Å²) in [5.41, 5.74) is 2.03.